The van der Waals surface area contributed by atoms with Crippen LogP contribution >= 0.6 is 0 Å². The van der Waals surface area contributed by atoms with Gasteiger partial charge in [0.15, 0.2) is 0 Å². The SMILES string of the molecule is CCCCCCCCCCC/C=C/CC1=NCCN1CCO. The maximum Gasteiger partial charge on any atom is 0.103 e. The van der Waals surface area contributed by atoms with Crippen LogP contribution in [0.4, 0.5) is 0 Å². The van der Waals surface area contributed by atoms with Crippen molar-refractivity contribution < 1.29 is 5.11 Å². The van der Waals surface area contributed by atoms with E-state index >= 15 is 0 Å². The molecule has 128 valence electrons. The van der Waals surface area contributed by atoms with E-state index in [1.54, 1.807) is 0 Å². The van der Waals surface area contributed by atoms with Gasteiger partial charge in [0, 0.05) is 19.5 Å². The van der Waals surface area contributed by atoms with Crippen molar-refractivity contribution in [3.63, 3.8) is 0 Å². The Kier molecular flexibility index (Phi) is 12.1. The molecule has 0 saturated heterocycles. The zero-order valence-corrected chi connectivity index (χ0v) is 14.6. The number of allylic oxidation sites excluding steroid dienone is 1. The molecule has 0 spiro atoms. The minimum absolute atomic E-state index is 0.223. The van der Waals surface area contributed by atoms with Gasteiger partial charge in [-0.25, -0.2) is 0 Å². The largest absolute Gasteiger partial charge is 0.395 e. The zero-order chi connectivity index (χ0) is 15.9. The van der Waals surface area contributed by atoms with Crippen molar-refractivity contribution in [3.8, 4) is 0 Å². The van der Waals surface area contributed by atoms with Crippen LogP contribution in [0.15, 0.2) is 17.1 Å². The van der Waals surface area contributed by atoms with Crippen molar-refractivity contribution in [2.75, 3.05) is 26.2 Å². The predicted octanol–water partition coefficient (Wildman–Crippen LogP) is 4.56. The lowest BCUT2D eigenvalue weighted by atomic mass is 10.1. The smallest absolute Gasteiger partial charge is 0.103 e. The summed E-state index contributed by atoms with van der Waals surface area (Å²) in [7, 11) is 0. The van der Waals surface area contributed by atoms with E-state index in [0.717, 1.165) is 31.9 Å². The highest BCUT2D eigenvalue weighted by Crippen LogP contribution is 2.11. The minimum atomic E-state index is 0.223. The van der Waals surface area contributed by atoms with E-state index in [1.165, 1.54) is 64.2 Å². The van der Waals surface area contributed by atoms with Gasteiger partial charge in [-0.2, -0.15) is 0 Å². The lowest BCUT2D eigenvalue weighted by Crippen LogP contribution is -2.30. The van der Waals surface area contributed by atoms with Crippen molar-refractivity contribution in [1.82, 2.24) is 4.90 Å². The fourth-order valence-electron chi connectivity index (χ4n) is 2.96. The van der Waals surface area contributed by atoms with E-state index in [2.05, 4.69) is 29.0 Å². The van der Waals surface area contributed by atoms with Gasteiger partial charge in [-0.05, 0) is 12.8 Å². The highest BCUT2D eigenvalue weighted by Gasteiger charge is 2.13. The van der Waals surface area contributed by atoms with E-state index in [0.29, 0.717) is 0 Å². The summed E-state index contributed by atoms with van der Waals surface area (Å²) in [5, 5.41) is 9.00. The Morgan fingerprint density at radius 1 is 1.00 bits per heavy atom. The second kappa shape index (κ2) is 13.8. The van der Waals surface area contributed by atoms with Crippen LogP contribution in [-0.2, 0) is 0 Å². The molecular formula is C19H36N2O. The highest BCUT2D eigenvalue weighted by molar-refractivity contribution is 5.85. The molecular weight excluding hydrogens is 272 g/mol. The Labute approximate surface area is 137 Å². The van der Waals surface area contributed by atoms with Crippen LogP contribution in [0.25, 0.3) is 0 Å². The van der Waals surface area contributed by atoms with Crippen LogP contribution in [0.3, 0.4) is 0 Å². The van der Waals surface area contributed by atoms with E-state index in [-0.39, 0.29) is 6.61 Å². The second-order valence-corrected chi connectivity index (χ2v) is 6.30. The summed E-state index contributed by atoms with van der Waals surface area (Å²) in [6.45, 7) is 5.09. The number of amidine groups is 1. The lowest BCUT2D eigenvalue weighted by Gasteiger charge is -2.17. The molecule has 0 aliphatic carbocycles. The van der Waals surface area contributed by atoms with Gasteiger partial charge in [0.05, 0.1) is 13.2 Å². The molecule has 0 unspecified atom stereocenters. The third kappa shape index (κ3) is 9.24. The minimum Gasteiger partial charge on any atom is -0.395 e. The standard InChI is InChI=1S/C19H36N2O/c1-2-3-4-5-6-7-8-9-10-11-12-13-14-19-20-15-16-21(19)17-18-22/h12-13,22H,2-11,14-18H2,1H3/b13-12+. The number of aliphatic hydroxyl groups is 1. The molecule has 0 bridgehead atoms. The van der Waals surface area contributed by atoms with Crippen LogP contribution in [0.1, 0.15) is 77.6 Å². The average Bonchev–Trinajstić information content (AvgIpc) is 2.96. The second-order valence-electron chi connectivity index (χ2n) is 6.30. The number of unbranched alkanes of at least 4 members (excludes halogenated alkanes) is 9. The first-order valence-corrected chi connectivity index (χ1v) is 9.42. The van der Waals surface area contributed by atoms with E-state index in [4.69, 9.17) is 5.11 Å². The highest BCUT2D eigenvalue weighted by atomic mass is 16.3. The first-order chi connectivity index (χ1) is 10.9. The number of rotatable bonds is 14. The molecule has 0 fully saturated rings. The van der Waals surface area contributed by atoms with Gasteiger partial charge in [-0.15, -0.1) is 0 Å². The van der Waals surface area contributed by atoms with E-state index in [9.17, 15) is 0 Å². The van der Waals surface area contributed by atoms with Gasteiger partial charge in [-0.1, -0.05) is 70.4 Å². The van der Waals surface area contributed by atoms with Crippen molar-refractivity contribution in [2.24, 2.45) is 4.99 Å². The Bertz CT molecular complexity index is 313. The number of hydrogen-bond donors (Lipinski definition) is 1. The molecule has 0 atom stereocenters. The number of β-amino-alcohol motifs (C(OH)–C–C–N with tert-alkyl or cyclic N) is 1. The number of hydrogen-bond acceptors (Lipinski definition) is 3. The molecule has 3 nitrogen and oxygen atoms in total. The van der Waals surface area contributed by atoms with Gasteiger partial charge in [0.2, 0.25) is 0 Å². The Balaban J connectivity index is 1.90. The molecule has 0 radical (unpaired) electrons. The molecule has 1 heterocycles. The van der Waals surface area contributed by atoms with Gasteiger partial charge < -0.3 is 10.0 Å². The summed E-state index contributed by atoms with van der Waals surface area (Å²) in [6, 6.07) is 0. The Morgan fingerprint density at radius 2 is 1.68 bits per heavy atom. The van der Waals surface area contributed by atoms with Crippen molar-refractivity contribution in [3.05, 3.63) is 12.2 Å². The van der Waals surface area contributed by atoms with Gasteiger partial charge >= 0.3 is 0 Å². The van der Waals surface area contributed by atoms with Gasteiger partial charge in [0.25, 0.3) is 0 Å². The van der Waals surface area contributed by atoms with Crippen molar-refractivity contribution in [2.45, 2.75) is 77.6 Å². The first kappa shape index (κ1) is 19.2. The molecule has 3 heteroatoms. The molecule has 0 amide bonds. The molecule has 22 heavy (non-hydrogen) atoms. The fourth-order valence-corrected chi connectivity index (χ4v) is 2.96. The third-order valence-electron chi connectivity index (χ3n) is 4.34. The third-order valence-corrected chi connectivity index (χ3v) is 4.34. The summed E-state index contributed by atoms with van der Waals surface area (Å²) in [5.74, 6) is 1.15. The summed E-state index contributed by atoms with van der Waals surface area (Å²) < 4.78 is 0. The molecule has 0 aromatic heterocycles. The van der Waals surface area contributed by atoms with Crippen LogP contribution in [0.5, 0.6) is 0 Å². The summed E-state index contributed by atoms with van der Waals surface area (Å²) in [6.07, 6.45) is 19.2. The summed E-state index contributed by atoms with van der Waals surface area (Å²) in [4.78, 5) is 6.70. The van der Waals surface area contributed by atoms with Crippen molar-refractivity contribution >= 4 is 5.84 Å². The van der Waals surface area contributed by atoms with Crippen LogP contribution in [-0.4, -0.2) is 42.1 Å². The normalized spacial score (nSPS) is 15.0. The molecule has 0 saturated carbocycles. The molecule has 1 aliphatic heterocycles. The Hall–Kier alpha value is -0.830. The summed E-state index contributed by atoms with van der Waals surface area (Å²) in [5.41, 5.74) is 0. The quantitative estimate of drug-likeness (QED) is 0.377. The van der Waals surface area contributed by atoms with Crippen LogP contribution < -0.4 is 0 Å². The number of nitrogens with zero attached hydrogens (tertiary/aromatic N) is 2. The maximum atomic E-state index is 9.00. The molecule has 1 N–H and O–H groups in total. The topological polar surface area (TPSA) is 35.8 Å². The zero-order valence-electron chi connectivity index (χ0n) is 14.6. The summed E-state index contributed by atoms with van der Waals surface area (Å²) >= 11 is 0. The molecule has 0 aromatic carbocycles. The average molecular weight is 309 g/mol. The molecule has 1 rings (SSSR count). The van der Waals surface area contributed by atoms with Crippen LogP contribution in [0.2, 0.25) is 0 Å². The van der Waals surface area contributed by atoms with E-state index in [1.807, 2.05) is 0 Å². The molecule has 0 aromatic rings. The van der Waals surface area contributed by atoms with E-state index < -0.39 is 0 Å². The molecule has 1 aliphatic rings. The van der Waals surface area contributed by atoms with Crippen LogP contribution in [0, 0.1) is 0 Å². The monoisotopic (exact) mass is 308 g/mol. The maximum absolute atomic E-state index is 9.00. The predicted molar refractivity (Wildman–Crippen MR) is 96.6 cm³/mol. The van der Waals surface area contributed by atoms with Crippen molar-refractivity contribution in [1.29, 1.82) is 0 Å². The number of aliphatic hydroxyl groups excluding tert-OH is 1. The van der Waals surface area contributed by atoms with Gasteiger partial charge in [-0.3, -0.25) is 4.99 Å². The first-order valence-electron chi connectivity index (χ1n) is 9.42. The van der Waals surface area contributed by atoms with Gasteiger partial charge in [0.1, 0.15) is 5.84 Å². The lowest BCUT2D eigenvalue weighted by molar-refractivity contribution is 0.255. The fraction of sp³-hybridized carbons (Fsp3) is 0.842. The Morgan fingerprint density at radius 3 is 2.36 bits per heavy atom. The number of aliphatic imine (C=N–C) groups is 1.